The molecule has 1 fully saturated rings. The lowest BCUT2D eigenvalue weighted by atomic mass is 10.1. The van der Waals surface area contributed by atoms with Gasteiger partial charge in [0.1, 0.15) is 0 Å². The molecule has 2 heterocycles. The number of amides is 2. The number of nitrogens with one attached hydrogen (secondary N) is 1. The number of ether oxygens (including phenoxy) is 1. The molecule has 0 bridgehead atoms. The van der Waals surface area contributed by atoms with Crippen LogP contribution in [0.3, 0.4) is 0 Å². The van der Waals surface area contributed by atoms with Crippen molar-refractivity contribution in [3.05, 3.63) is 47.8 Å². The summed E-state index contributed by atoms with van der Waals surface area (Å²) < 4.78 is 7.30. The maximum atomic E-state index is 12.6. The standard InChI is InChI=1S/C19H26N4O2/c1-14(21-19(24)22-11-7-10-17(13-22)25-3)18-12-20-23(15(18)2)16-8-5-4-6-9-16/h4-6,8-9,12,14,17H,7,10-11,13H2,1-3H3,(H,21,24)/t14-,17-/m1/s1. The van der Waals surface area contributed by atoms with E-state index >= 15 is 0 Å². The fourth-order valence-corrected chi connectivity index (χ4v) is 3.35. The molecule has 6 nitrogen and oxygen atoms in total. The Morgan fingerprint density at radius 2 is 2.12 bits per heavy atom. The zero-order valence-electron chi connectivity index (χ0n) is 15.1. The number of methoxy groups -OCH3 is 1. The van der Waals surface area contributed by atoms with Gasteiger partial charge in [0.05, 0.1) is 24.0 Å². The predicted molar refractivity (Wildman–Crippen MR) is 96.9 cm³/mol. The highest BCUT2D eigenvalue weighted by atomic mass is 16.5. The molecule has 0 saturated carbocycles. The number of urea groups is 1. The lowest BCUT2D eigenvalue weighted by Crippen LogP contribution is -2.48. The number of likely N-dealkylation sites (tertiary alicyclic amines) is 1. The van der Waals surface area contributed by atoms with Gasteiger partial charge in [-0.1, -0.05) is 18.2 Å². The maximum Gasteiger partial charge on any atom is 0.317 e. The molecule has 1 saturated heterocycles. The van der Waals surface area contributed by atoms with Gasteiger partial charge >= 0.3 is 6.03 Å². The molecule has 2 aromatic rings. The molecule has 6 heteroatoms. The van der Waals surface area contributed by atoms with Gasteiger partial charge in [-0.25, -0.2) is 9.48 Å². The molecule has 25 heavy (non-hydrogen) atoms. The molecule has 134 valence electrons. The van der Waals surface area contributed by atoms with Crippen LogP contribution in [0.2, 0.25) is 0 Å². The molecule has 1 aliphatic heterocycles. The summed E-state index contributed by atoms with van der Waals surface area (Å²) in [6.07, 6.45) is 3.96. The van der Waals surface area contributed by atoms with E-state index in [-0.39, 0.29) is 18.2 Å². The average Bonchev–Trinajstić information content (AvgIpc) is 3.04. The van der Waals surface area contributed by atoms with Gasteiger partial charge in [-0.3, -0.25) is 0 Å². The third-order valence-electron chi connectivity index (χ3n) is 4.85. The number of piperidine rings is 1. The Hall–Kier alpha value is -2.34. The van der Waals surface area contributed by atoms with Gasteiger partial charge in [0, 0.05) is 31.5 Å². The highest BCUT2D eigenvalue weighted by Gasteiger charge is 2.25. The van der Waals surface area contributed by atoms with Crippen LogP contribution >= 0.6 is 0 Å². The van der Waals surface area contributed by atoms with E-state index in [1.165, 1.54) is 0 Å². The summed E-state index contributed by atoms with van der Waals surface area (Å²) >= 11 is 0. The van der Waals surface area contributed by atoms with Gasteiger partial charge in [-0.2, -0.15) is 5.10 Å². The summed E-state index contributed by atoms with van der Waals surface area (Å²) in [5.74, 6) is 0. The Labute approximate surface area is 148 Å². The number of nitrogens with zero attached hydrogens (tertiary/aromatic N) is 3. The van der Waals surface area contributed by atoms with Gasteiger partial charge in [-0.15, -0.1) is 0 Å². The Bertz CT molecular complexity index is 713. The molecule has 3 rings (SSSR count). The third kappa shape index (κ3) is 3.85. The van der Waals surface area contributed by atoms with E-state index < -0.39 is 0 Å². The maximum absolute atomic E-state index is 12.6. The lowest BCUT2D eigenvalue weighted by Gasteiger charge is -2.32. The minimum Gasteiger partial charge on any atom is -0.380 e. The van der Waals surface area contributed by atoms with Crippen molar-refractivity contribution in [3.8, 4) is 5.69 Å². The van der Waals surface area contributed by atoms with Crippen molar-refractivity contribution in [2.24, 2.45) is 0 Å². The molecule has 0 unspecified atom stereocenters. The lowest BCUT2D eigenvalue weighted by molar-refractivity contribution is 0.0431. The van der Waals surface area contributed by atoms with Crippen molar-refractivity contribution < 1.29 is 9.53 Å². The minimum atomic E-state index is -0.104. The smallest absolute Gasteiger partial charge is 0.317 e. The van der Waals surface area contributed by atoms with E-state index in [0.29, 0.717) is 6.54 Å². The first-order chi connectivity index (χ1) is 12.1. The second kappa shape index (κ2) is 7.70. The fourth-order valence-electron chi connectivity index (χ4n) is 3.35. The summed E-state index contributed by atoms with van der Waals surface area (Å²) in [6.45, 7) is 5.45. The van der Waals surface area contributed by atoms with Crippen LogP contribution in [-0.2, 0) is 4.74 Å². The molecule has 0 spiro atoms. The van der Waals surface area contributed by atoms with E-state index in [2.05, 4.69) is 10.4 Å². The molecule has 0 radical (unpaired) electrons. The molecule has 1 aromatic carbocycles. The van der Waals surface area contributed by atoms with E-state index in [9.17, 15) is 4.79 Å². The van der Waals surface area contributed by atoms with Crippen LogP contribution in [-0.4, -0.2) is 47.0 Å². The highest BCUT2D eigenvalue weighted by Crippen LogP contribution is 2.21. The van der Waals surface area contributed by atoms with E-state index in [1.54, 1.807) is 7.11 Å². The van der Waals surface area contributed by atoms with Crippen molar-refractivity contribution in [1.82, 2.24) is 20.0 Å². The van der Waals surface area contributed by atoms with Gasteiger partial charge in [0.25, 0.3) is 0 Å². The number of aromatic nitrogens is 2. The number of hydrogen-bond donors (Lipinski definition) is 1. The van der Waals surface area contributed by atoms with Crippen LogP contribution in [0, 0.1) is 6.92 Å². The largest absolute Gasteiger partial charge is 0.380 e. The zero-order chi connectivity index (χ0) is 17.8. The van der Waals surface area contributed by atoms with Crippen molar-refractivity contribution in [1.29, 1.82) is 0 Å². The SMILES string of the molecule is CO[C@@H]1CCCN(C(=O)N[C@H](C)c2cnn(-c3ccccc3)c2C)C1. The molecule has 2 atom stereocenters. The van der Waals surface area contributed by atoms with Crippen LogP contribution in [0.15, 0.2) is 36.5 Å². The molecule has 0 aliphatic carbocycles. The van der Waals surface area contributed by atoms with Gasteiger partial charge in [-0.05, 0) is 38.8 Å². The Morgan fingerprint density at radius 1 is 1.36 bits per heavy atom. The van der Waals surface area contributed by atoms with Crippen LogP contribution in [0.5, 0.6) is 0 Å². The second-order valence-corrected chi connectivity index (χ2v) is 6.55. The molecule has 1 N–H and O–H groups in total. The summed E-state index contributed by atoms with van der Waals surface area (Å²) in [5.41, 5.74) is 3.08. The quantitative estimate of drug-likeness (QED) is 0.929. The summed E-state index contributed by atoms with van der Waals surface area (Å²) in [5, 5.41) is 7.58. The Balaban J connectivity index is 1.68. The number of rotatable bonds is 4. The number of hydrogen-bond acceptors (Lipinski definition) is 3. The number of para-hydroxylation sites is 1. The van der Waals surface area contributed by atoms with Crippen LogP contribution in [0.1, 0.15) is 37.1 Å². The Morgan fingerprint density at radius 3 is 2.84 bits per heavy atom. The van der Waals surface area contributed by atoms with Crippen LogP contribution in [0.4, 0.5) is 4.79 Å². The van der Waals surface area contributed by atoms with Crippen molar-refractivity contribution >= 4 is 6.03 Å². The van der Waals surface area contributed by atoms with Crippen LogP contribution in [0.25, 0.3) is 5.69 Å². The molecule has 1 aliphatic rings. The van der Waals surface area contributed by atoms with E-state index in [1.807, 2.05) is 60.0 Å². The predicted octanol–water partition coefficient (Wildman–Crippen LogP) is 3.06. The van der Waals surface area contributed by atoms with Gasteiger partial charge in [0.15, 0.2) is 0 Å². The normalized spacial score (nSPS) is 18.8. The van der Waals surface area contributed by atoms with Crippen LogP contribution < -0.4 is 5.32 Å². The fraction of sp³-hybridized carbons (Fsp3) is 0.474. The molecular formula is C19H26N4O2. The second-order valence-electron chi connectivity index (χ2n) is 6.55. The molecule has 2 amide bonds. The van der Waals surface area contributed by atoms with E-state index in [4.69, 9.17) is 4.74 Å². The van der Waals surface area contributed by atoms with Gasteiger partial charge in [0.2, 0.25) is 0 Å². The number of carbonyl (C=O) groups is 1. The Kier molecular flexibility index (Phi) is 5.38. The topological polar surface area (TPSA) is 59.4 Å². The first kappa shape index (κ1) is 17.5. The minimum absolute atomic E-state index is 0.0406. The molecular weight excluding hydrogens is 316 g/mol. The number of benzene rings is 1. The monoisotopic (exact) mass is 342 g/mol. The van der Waals surface area contributed by atoms with Crippen molar-refractivity contribution in [2.45, 2.75) is 38.8 Å². The van der Waals surface area contributed by atoms with E-state index in [0.717, 1.165) is 36.3 Å². The third-order valence-corrected chi connectivity index (χ3v) is 4.85. The van der Waals surface area contributed by atoms with Gasteiger partial charge < -0.3 is 15.0 Å². The molecule has 1 aromatic heterocycles. The van der Waals surface area contributed by atoms with Crippen molar-refractivity contribution in [2.75, 3.05) is 20.2 Å². The summed E-state index contributed by atoms with van der Waals surface area (Å²) in [4.78, 5) is 14.4. The highest BCUT2D eigenvalue weighted by molar-refractivity contribution is 5.74. The first-order valence-electron chi connectivity index (χ1n) is 8.78. The zero-order valence-corrected chi connectivity index (χ0v) is 15.1. The van der Waals surface area contributed by atoms with Crippen molar-refractivity contribution in [3.63, 3.8) is 0 Å². The first-order valence-corrected chi connectivity index (χ1v) is 8.78. The number of carbonyl (C=O) groups excluding carboxylic acids is 1. The average molecular weight is 342 g/mol. The summed E-state index contributed by atoms with van der Waals surface area (Å²) in [7, 11) is 1.70. The summed E-state index contributed by atoms with van der Waals surface area (Å²) in [6, 6.07) is 9.86.